The van der Waals surface area contributed by atoms with Gasteiger partial charge in [-0.1, -0.05) is 56.8 Å². The molecule has 0 bridgehead atoms. The van der Waals surface area contributed by atoms with E-state index in [9.17, 15) is 0 Å². The van der Waals surface area contributed by atoms with E-state index in [1.165, 1.54) is 5.56 Å². The van der Waals surface area contributed by atoms with Crippen molar-refractivity contribution >= 4 is 6.92 Å². The summed E-state index contributed by atoms with van der Waals surface area (Å²) < 4.78 is 5.73. The molecule has 0 radical (unpaired) electrons. The lowest BCUT2D eigenvalue weighted by molar-refractivity contribution is 0.307. The largest absolute Gasteiger partial charge is 0.432 e. The second kappa shape index (κ2) is 5.82. The third kappa shape index (κ3) is 3.64. The molecule has 0 atom stereocenters. The van der Waals surface area contributed by atoms with Crippen molar-refractivity contribution in [3.05, 3.63) is 35.9 Å². The summed E-state index contributed by atoms with van der Waals surface area (Å²) in [5.74, 6) is 0. The number of rotatable bonds is 5. The van der Waals surface area contributed by atoms with Gasteiger partial charge >= 0.3 is 0 Å². The van der Waals surface area contributed by atoms with Gasteiger partial charge in [0.25, 0.3) is 6.92 Å². The van der Waals surface area contributed by atoms with Gasteiger partial charge in [0.2, 0.25) is 0 Å². The standard InChI is InChI=1S/C11H17BO/c1-3-12(4-2)13-10-11-8-6-5-7-9-11/h5-9H,3-4,10H2,1-2H3. The molecule has 1 aromatic rings. The van der Waals surface area contributed by atoms with Crippen molar-refractivity contribution in [2.45, 2.75) is 33.1 Å². The Morgan fingerprint density at radius 1 is 1.08 bits per heavy atom. The van der Waals surface area contributed by atoms with E-state index >= 15 is 0 Å². The quantitative estimate of drug-likeness (QED) is 0.625. The molecule has 0 heterocycles. The molecular weight excluding hydrogens is 159 g/mol. The molecule has 70 valence electrons. The Kier molecular flexibility index (Phi) is 4.62. The fourth-order valence-corrected chi connectivity index (χ4v) is 1.31. The summed E-state index contributed by atoms with van der Waals surface area (Å²) in [6.45, 7) is 5.49. The molecule has 0 unspecified atom stereocenters. The Balaban J connectivity index is 2.34. The van der Waals surface area contributed by atoms with Crippen LogP contribution in [0.4, 0.5) is 0 Å². The molecule has 0 saturated carbocycles. The summed E-state index contributed by atoms with van der Waals surface area (Å²) in [6.07, 6.45) is 2.20. The van der Waals surface area contributed by atoms with Gasteiger partial charge in [-0.2, -0.15) is 0 Å². The lowest BCUT2D eigenvalue weighted by Crippen LogP contribution is -2.14. The summed E-state index contributed by atoms with van der Waals surface area (Å²) in [5.41, 5.74) is 1.26. The van der Waals surface area contributed by atoms with Gasteiger partial charge < -0.3 is 4.65 Å². The predicted octanol–water partition coefficient (Wildman–Crippen LogP) is 3.23. The minimum Gasteiger partial charge on any atom is -0.432 e. The fourth-order valence-electron chi connectivity index (χ4n) is 1.31. The van der Waals surface area contributed by atoms with E-state index in [4.69, 9.17) is 4.65 Å². The third-order valence-electron chi connectivity index (χ3n) is 2.24. The summed E-state index contributed by atoms with van der Waals surface area (Å²) >= 11 is 0. The van der Waals surface area contributed by atoms with Crippen LogP contribution < -0.4 is 0 Å². The number of benzene rings is 1. The van der Waals surface area contributed by atoms with Crippen LogP contribution in [0.25, 0.3) is 0 Å². The highest BCUT2D eigenvalue weighted by Gasteiger charge is 2.08. The van der Waals surface area contributed by atoms with Crippen LogP contribution in [-0.4, -0.2) is 6.92 Å². The molecule has 0 aromatic heterocycles. The van der Waals surface area contributed by atoms with Crippen LogP contribution in [0.5, 0.6) is 0 Å². The van der Waals surface area contributed by atoms with E-state index in [0.29, 0.717) is 6.92 Å². The predicted molar refractivity (Wildman–Crippen MR) is 57.9 cm³/mol. The summed E-state index contributed by atoms with van der Waals surface area (Å²) in [5, 5.41) is 0. The Labute approximate surface area is 81.2 Å². The molecule has 1 nitrogen and oxygen atoms in total. The minimum absolute atomic E-state index is 0.417. The first-order valence-corrected chi connectivity index (χ1v) is 5.02. The molecule has 0 spiro atoms. The SMILES string of the molecule is CCB(CC)OCc1ccccc1. The van der Waals surface area contributed by atoms with Crippen LogP contribution in [0.15, 0.2) is 30.3 Å². The van der Waals surface area contributed by atoms with Gasteiger partial charge in [-0.3, -0.25) is 0 Å². The molecule has 1 aromatic carbocycles. The van der Waals surface area contributed by atoms with E-state index < -0.39 is 0 Å². The zero-order valence-corrected chi connectivity index (χ0v) is 8.49. The van der Waals surface area contributed by atoms with Crippen LogP contribution in [0.3, 0.4) is 0 Å². The molecule has 0 aliphatic rings. The summed E-state index contributed by atoms with van der Waals surface area (Å²) in [4.78, 5) is 0. The van der Waals surface area contributed by atoms with Gasteiger partial charge in [0, 0.05) is 0 Å². The third-order valence-corrected chi connectivity index (χ3v) is 2.24. The highest BCUT2D eigenvalue weighted by atomic mass is 16.4. The smallest absolute Gasteiger partial charge is 0.292 e. The van der Waals surface area contributed by atoms with Crippen molar-refractivity contribution in [3.63, 3.8) is 0 Å². The van der Waals surface area contributed by atoms with Gasteiger partial charge in [-0.25, -0.2) is 0 Å². The van der Waals surface area contributed by atoms with Crippen LogP contribution in [-0.2, 0) is 11.3 Å². The van der Waals surface area contributed by atoms with Crippen molar-refractivity contribution in [1.82, 2.24) is 0 Å². The molecule has 0 amide bonds. The Morgan fingerprint density at radius 2 is 1.69 bits per heavy atom. The molecule has 0 N–H and O–H groups in total. The minimum atomic E-state index is 0.417. The second-order valence-corrected chi connectivity index (χ2v) is 3.24. The van der Waals surface area contributed by atoms with Gasteiger partial charge in [-0.05, 0) is 5.56 Å². The lowest BCUT2D eigenvalue weighted by atomic mass is 9.62. The van der Waals surface area contributed by atoms with Gasteiger partial charge in [-0.15, -0.1) is 0 Å². The lowest BCUT2D eigenvalue weighted by Gasteiger charge is -2.09. The van der Waals surface area contributed by atoms with Crippen LogP contribution >= 0.6 is 0 Å². The maximum Gasteiger partial charge on any atom is 0.292 e. The Bertz CT molecular complexity index is 219. The number of hydrogen-bond acceptors (Lipinski definition) is 1. The van der Waals surface area contributed by atoms with Gasteiger partial charge in [0.1, 0.15) is 0 Å². The molecule has 1 rings (SSSR count). The van der Waals surface area contributed by atoms with Crippen LogP contribution in [0.1, 0.15) is 19.4 Å². The Hall–Kier alpha value is -0.755. The topological polar surface area (TPSA) is 9.23 Å². The van der Waals surface area contributed by atoms with E-state index in [1.54, 1.807) is 0 Å². The highest BCUT2D eigenvalue weighted by molar-refractivity contribution is 6.51. The van der Waals surface area contributed by atoms with Crippen molar-refractivity contribution < 1.29 is 4.65 Å². The zero-order chi connectivity index (χ0) is 9.52. The average Bonchev–Trinajstić information content (AvgIpc) is 2.21. The maximum absolute atomic E-state index is 5.73. The molecule has 0 saturated heterocycles. The second-order valence-electron chi connectivity index (χ2n) is 3.24. The average molecular weight is 176 g/mol. The van der Waals surface area contributed by atoms with Crippen LogP contribution in [0.2, 0.25) is 12.6 Å². The fraction of sp³-hybridized carbons (Fsp3) is 0.455. The first kappa shape index (κ1) is 10.3. The van der Waals surface area contributed by atoms with Gasteiger partial charge in [0.15, 0.2) is 0 Å². The molecule has 0 aliphatic heterocycles. The normalized spacial score (nSPS) is 10.0. The van der Waals surface area contributed by atoms with Crippen molar-refractivity contribution in [2.75, 3.05) is 0 Å². The van der Waals surface area contributed by atoms with Crippen molar-refractivity contribution in [2.24, 2.45) is 0 Å². The number of hydrogen-bond donors (Lipinski definition) is 0. The van der Waals surface area contributed by atoms with E-state index in [2.05, 4.69) is 26.0 Å². The molecule has 0 fully saturated rings. The maximum atomic E-state index is 5.73. The first-order valence-electron chi connectivity index (χ1n) is 5.02. The monoisotopic (exact) mass is 176 g/mol. The van der Waals surface area contributed by atoms with E-state index in [1.807, 2.05) is 18.2 Å². The molecular formula is C11H17BO. The van der Waals surface area contributed by atoms with Crippen molar-refractivity contribution in [1.29, 1.82) is 0 Å². The van der Waals surface area contributed by atoms with Crippen LogP contribution in [0, 0.1) is 0 Å². The van der Waals surface area contributed by atoms with Crippen molar-refractivity contribution in [3.8, 4) is 0 Å². The molecule has 0 aliphatic carbocycles. The van der Waals surface area contributed by atoms with E-state index in [0.717, 1.165) is 19.2 Å². The van der Waals surface area contributed by atoms with Gasteiger partial charge in [0.05, 0.1) is 6.61 Å². The summed E-state index contributed by atoms with van der Waals surface area (Å²) in [7, 11) is 0. The highest BCUT2D eigenvalue weighted by Crippen LogP contribution is 2.06. The van der Waals surface area contributed by atoms with E-state index in [-0.39, 0.29) is 0 Å². The summed E-state index contributed by atoms with van der Waals surface area (Å²) in [6, 6.07) is 10.3. The Morgan fingerprint density at radius 3 is 2.23 bits per heavy atom. The molecule has 13 heavy (non-hydrogen) atoms. The zero-order valence-electron chi connectivity index (χ0n) is 8.49. The molecule has 2 heteroatoms. The first-order chi connectivity index (χ1) is 6.36.